The molecule has 5 nitrogen and oxygen atoms in total. The van der Waals surface area contributed by atoms with Gasteiger partial charge in [-0.1, -0.05) is 32.0 Å². The minimum Gasteiger partial charge on any atom is -0.480 e. The number of aromatic nitrogens is 1. The minimum absolute atomic E-state index is 0.175. The zero-order valence-corrected chi connectivity index (χ0v) is 13.0. The first kappa shape index (κ1) is 15.9. The fourth-order valence-electron chi connectivity index (χ4n) is 2.36. The van der Waals surface area contributed by atoms with Crippen LogP contribution >= 0.6 is 0 Å². The SMILES string of the molecule is Cc1ccc2cccc(C(=O)NC(CC(C)C)C(=O)O)c2n1. The smallest absolute Gasteiger partial charge is 0.326 e. The predicted molar refractivity (Wildman–Crippen MR) is 84.8 cm³/mol. The summed E-state index contributed by atoms with van der Waals surface area (Å²) in [5.41, 5.74) is 1.80. The van der Waals surface area contributed by atoms with Crippen LogP contribution < -0.4 is 5.32 Å². The van der Waals surface area contributed by atoms with Crippen molar-refractivity contribution in [2.45, 2.75) is 33.2 Å². The molecule has 0 aliphatic rings. The largest absolute Gasteiger partial charge is 0.480 e. The van der Waals surface area contributed by atoms with E-state index >= 15 is 0 Å². The van der Waals surface area contributed by atoms with Gasteiger partial charge in [0.2, 0.25) is 0 Å². The lowest BCUT2D eigenvalue weighted by molar-refractivity contribution is -0.139. The number of carboxylic acid groups (broad SMARTS) is 1. The molecule has 1 unspecified atom stereocenters. The molecule has 2 aromatic rings. The second kappa shape index (κ2) is 6.56. The van der Waals surface area contributed by atoms with E-state index in [2.05, 4.69) is 10.3 Å². The molecule has 0 radical (unpaired) electrons. The van der Waals surface area contributed by atoms with Crippen LogP contribution in [-0.2, 0) is 4.79 Å². The number of pyridine rings is 1. The van der Waals surface area contributed by atoms with Gasteiger partial charge in [0, 0.05) is 11.1 Å². The molecular formula is C17H20N2O3. The fraction of sp³-hybridized carbons (Fsp3) is 0.353. The lowest BCUT2D eigenvalue weighted by Gasteiger charge is -2.17. The summed E-state index contributed by atoms with van der Waals surface area (Å²) in [4.78, 5) is 28.1. The van der Waals surface area contributed by atoms with E-state index in [0.29, 0.717) is 17.5 Å². The molecule has 22 heavy (non-hydrogen) atoms. The fourth-order valence-corrected chi connectivity index (χ4v) is 2.36. The van der Waals surface area contributed by atoms with Crippen molar-refractivity contribution >= 4 is 22.8 Å². The molecule has 0 fully saturated rings. The highest BCUT2D eigenvalue weighted by Crippen LogP contribution is 2.18. The number of aliphatic carboxylic acids is 1. The maximum Gasteiger partial charge on any atom is 0.326 e. The zero-order valence-electron chi connectivity index (χ0n) is 13.0. The molecule has 0 spiro atoms. The number of carboxylic acids is 1. The van der Waals surface area contributed by atoms with Gasteiger partial charge >= 0.3 is 5.97 Å². The van der Waals surface area contributed by atoms with Crippen LogP contribution in [0.4, 0.5) is 0 Å². The summed E-state index contributed by atoms with van der Waals surface area (Å²) < 4.78 is 0. The average molecular weight is 300 g/mol. The molecule has 0 saturated heterocycles. The number of aryl methyl sites for hydroxylation is 1. The number of hydrogen-bond donors (Lipinski definition) is 2. The van der Waals surface area contributed by atoms with Crippen molar-refractivity contribution in [2.24, 2.45) is 5.92 Å². The summed E-state index contributed by atoms with van der Waals surface area (Å²) in [6.45, 7) is 5.70. The number of hydrogen-bond acceptors (Lipinski definition) is 3. The lowest BCUT2D eigenvalue weighted by Crippen LogP contribution is -2.41. The summed E-state index contributed by atoms with van der Waals surface area (Å²) in [6, 6.07) is 8.19. The van der Waals surface area contributed by atoms with Crippen molar-refractivity contribution in [2.75, 3.05) is 0 Å². The van der Waals surface area contributed by atoms with Crippen molar-refractivity contribution in [1.82, 2.24) is 10.3 Å². The zero-order chi connectivity index (χ0) is 16.3. The van der Waals surface area contributed by atoms with Gasteiger partial charge in [-0.2, -0.15) is 0 Å². The normalized spacial score (nSPS) is 12.4. The van der Waals surface area contributed by atoms with Gasteiger partial charge in [0.25, 0.3) is 5.91 Å². The van der Waals surface area contributed by atoms with Crippen LogP contribution in [0.5, 0.6) is 0 Å². The van der Waals surface area contributed by atoms with Crippen LogP contribution in [0, 0.1) is 12.8 Å². The van der Waals surface area contributed by atoms with Crippen molar-refractivity contribution in [3.05, 3.63) is 41.6 Å². The number of para-hydroxylation sites is 1. The number of nitrogens with zero attached hydrogens (tertiary/aromatic N) is 1. The third-order valence-corrected chi connectivity index (χ3v) is 3.41. The van der Waals surface area contributed by atoms with E-state index in [0.717, 1.165) is 11.1 Å². The van der Waals surface area contributed by atoms with Crippen LogP contribution in [-0.4, -0.2) is 28.0 Å². The van der Waals surface area contributed by atoms with Gasteiger partial charge in [0.05, 0.1) is 11.1 Å². The molecular weight excluding hydrogens is 280 g/mol. The molecule has 1 amide bonds. The summed E-state index contributed by atoms with van der Waals surface area (Å²) in [6.07, 6.45) is 0.387. The molecule has 2 N–H and O–H groups in total. The molecule has 1 atom stereocenters. The van der Waals surface area contributed by atoms with E-state index in [9.17, 15) is 14.7 Å². The molecule has 1 aromatic heterocycles. The topological polar surface area (TPSA) is 79.3 Å². The van der Waals surface area contributed by atoms with Crippen LogP contribution in [0.25, 0.3) is 10.9 Å². The summed E-state index contributed by atoms with van der Waals surface area (Å²) >= 11 is 0. The molecule has 0 bridgehead atoms. The van der Waals surface area contributed by atoms with Gasteiger partial charge in [-0.15, -0.1) is 0 Å². The number of carbonyl (C=O) groups excluding carboxylic acids is 1. The number of rotatable bonds is 5. The molecule has 1 heterocycles. The van der Waals surface area contributed by atoms with E-state index in [-0.39, 0.29) is 5.92 Å². The van der Waals surface area contributed by atoms with Gasteiger partial charge < -0.3 is 10.4 Å². The van der Waals surface area contributed by atoms with Crippen LogP contribution in [0.15, 0.2) is 30.3 Å². The Hall–Kier alpha value is -2.43. The minimum atomic E-state index is -1.02. The molecule has 1 aromatic carbocycles. The quantitative estimate of drug-likeness (QED) is 0.890. The summed E-state index contributed by atoms with van der Waals surface area (Å²) in [7, 11) is 0. The number of carbonyl (C=O) groups is 2. The van der Waals surface area contributed by atoms with Gasteiger partial charge in [-0.25, -0.2) is 4.79 Å². The average Bonchev–Trinajstić information content (AvgIpc) is 2.45. The molecule has 0 aliphatic heterocycles. The van der Waals surface area contributed by atoms with E-state index in [4.69, 9.17) is 0 Å². The molecule has 0 aliphatic carbocycles. The Morgan fingerprint density at radius 2 is 1.95 bits per heavy atom. The number of fused-ring (bicyclic) bond motifs is 1. The van der Waals surface area contributed by atoms with Gasteiger partial charge in [-0.3, -0.25) is 9.78 Å². The van der Waals surface area contributed by atoms with E-state index < -0.39 is 17.9 Å². The first-order chi connectivity index (χ1) is 10.4. The van der Waals surface area contributed by atoms with E-state index in [1.165, 1.54) is 0 Å². The maximum atomic E-state index is 12.5. The van der Waals surface area contributed by atoms with Crippen molar-refractivity contribution in [3.63, 3.8) is 0 Å². The Bertz CT molecular complexity index is 710. The molecule has 2 rings (SSSR count). The van der Waals surface area contributed by atoms with Crippen molar-refractivity contribution < 1.29 is 14.7 Å². The Labute approximate surface area is 129 Å². The Morgan fingerprint density at radius 1 is 1.23 bits per heavy atom. The van der Waals surface area contributed by atoms with Crippen LogP contribution in [0.3, 0.4) is 0 Å². The highest BCUT2D eigenvalue weighted by Gasteiger charge is 2.22. The van der Waals surface area contributed by atoms with Crippen LogP contribution in [0.1, 0.15) is 36.3 Å². The molecule has 5 heteroatoms. The Balaban J connectivity index is 2.33. The number of nitrogens with one attached hydrogen (secondary N) is 1. The monoisotopic (exact) mass is 300 g/mol. The second-order valence-electron chi connectivity index (χ2n) is 5.82. The van der Waals surface area contributed by atoms with Crippen molar-refractivity contribution in [3.8, 4) is 0 Å². The molecule has 116 valence electrons. The maximum absolute atomic E-state index is 12.5. The standard InChI is InChI=1S/C17H20N2O3/c1-10(2)9-14(17(21)22)19-16(20)13-6-4-5-12-8-7-11(3)18-15(12)13/h4-8,10,14H,9H2,1-3H3,(H,19,20)(H,21,22). The van der Waals surface area contributed by atoms with E-state index in [1.54, 1.807) is 12.1 Å². The van der Waals surface area contributed by atoms with Crippen molar-refractivity contribution in [1.29, 1.82) is 0 Å². The Kier molecular flexibility index (Phi) is 4.75. The first-order valence-corrected chi connectivity index (χ1v) is 7.28. The molecule has 0 saturated carbocycles. The summed E-state index contributed by atoms with van der Waals surface area (Å²) in [5, 5.41) is 12.7. The number of amides is 1. The lowest BCUT2D eigenvalue weighted by atomic mass is 10.0. The summed E-state index contributed by atoms with van der Waals surface area (Å²) in [5.74, 6) is -1.25. The number of benzene rings is 1. The highest BCUT2D eigenvalue weighted by atomic mass is 16.4. The van der Waals surface area contributed by atoms with Gasteiger partial charge in [0.1, 0.15) is 6.04 Å². The van der Waals surface area contributed by atoms with Crippen LogP contribution in [0.2, 0.25) is 0 Å². The third-order valence-electron chi connectivity index (χ3n) is 3.41. The van der Waals surface area contributed by atoms with E-state index in [1.807, 2.05) is 39.0 Å². The predicted octanol–water partition coefficient (Wildman–Crippen LogP) is 2.77. The Morgan fingerprint density at radius 3 is 2.59 bits per heavy atom. The first-order valence-electron chi connectivity index (χ1n) is 7.28. The second-order valence-corrected chi connectivity index (χ2v) is 5.82. The van der Waals surface area contributed by atoms with Gasteiger partial charge in [-0.05, 0) is 31.4 Å². The third kappa shape index (κ3) is 3.61. The van der Waals surface area contributed by atoms with Gasteiger partial charge in [0.15, 0.2) is 0 Å². The highest BCUT2D eigenvalue weighted by molar-refractivity contribution is 6.06.